The maximum atomic E-state index is 11.1. The Kier molecular flexibility index (Phi) is 4.53. The Labute approximate surface area is 107 Å². The van der Waals surface area contributed by atoms with Crippen LogP contribution in [0.15, 0.2) is 42.5 Å². The largest absolute Gasteiger partial charge is 0.459 e. The van der Waals surface area contributed by atoms with Crippen molar-refractivity contribution in [1.29, 1.82) is 0 Å². The lowest BCUT2D eigenvalue weighted by Crippen LogP contribution is -2.29. The van der Waals surface area contributed by atoms with Crippen LogP contribution in [0.3, 0.4) is 0 Å². The molecular formula is C15H18O3. The summed E-state index contributed by atoms with van der Waals surface area (Å²) in [6.07, 6.45) is 4.07. The first-order valence-corrected chi connectivity index (χ1v) is 6.24. The van der Waals surface area contributed by atoms with Crippen LogP contribution < -0.4 is 0 Å². The number of carbonyl (C=O) groups excluding carboxylic acids is 1. The van der Waals surface area contributed by atoms with Crippen molar-refractivity contribution in [2.24, 2.45) is 5.92 Å². The molecule has 0 bridgehead atoms. The van der Waals surface area contributed by atoms with Gasteiger partial charge in [-0.2, -0.15) is 0 Å². The van der Waals surface area contributed by atoms with Gasteiger partial charge in [-0.15, -0.1) is 0 Å². The molecule has 96 valence electrons. The minimum atomic E-state index is -0.249. The second-order valence-electron chi connectivity index (χ2n) is 4.59. The van der Waals surface area contributed by atoms with E-state index in [1.54, 1.807) is 0 Å². The molecule has 0 radical (unpaired) electrons. The number of cyclic esters (lactones) is 1. The normalized spacial score (nSPS) is 20.5. The lowest BCUT2D eigenvalue weighted by Gasteiger charge is -2.24. The highest BCUT2D eigenvalue weighted by atomic mass is 16.5. The van der Waals surface area contributed by atoms with Crippen LogP contribution in [0, 0.1) is 5.92 Å². The lowest BCUT2D eigenvalue weighted by atomic mass is 10.0. The van der Waals surface area contributed by atoms with Crippen LogP contribution in [0.4, 0.5) is 0 Å². The standard InChI is InChI=1S/C15H18O3/c1-12(14-8-5-9-15(16)18-14)10-17-11-13-6-3-2-4-7-13/h2-7,9,12,14H,8,10-11H2,1H3/t12-,14-/m1/s1. The highest BCUT2D eigenvalue weighted by Crippen LogP contribution is 2.17. The zero-order valence-corrected chi connectivity index (χ0v) is 10.5. The molecule has 0 aliphatic carbocycles. The van der Waals surface area contributed by atoms with Crippen molar-refractivity contribution >= 4 is 5.97 Å². The fraction of sp³-hybridized carbons (Fsp3) is 0.400. The zero-order valence-electron chi connectivity index (χ0n) is 10.5. The topological polar surface area (TPSA) is 35.5 Å². The molecule has 0 saturated carbocycles. The van der Waals surface area contributed by atoms with E-state index in [1.807, 2.05) is 43.3 Å². The summed E-state index contributed by atoms with van der Waals surface area (Å²) < 4.78 is 10.9. The first-order valence-electron chi connectivity index (χ1n) is 6.24. The Morgan fingerprint density at radius 3 is 2.89 bits per heavy atom. The molecule has 0 spiro atoms. The Bertz CT molecular complexity index is 411. The molecule has 3 heteroatoms. The smallest absolute Gasteiger partial charge is 0.330 e. The van der Waals surface area contributed by atoms with Crippen LogP contribution in [-0.2, 0) is 20.9 Å². The summed E-state index contributed by atoms with van der Waals surface area (Å²) in [5.74, 6) is -0.0382. The maximum absolute atomic E-state index is 11.1. The Morgan fingerprint density at radius 2 is 2.17 bits per heavy atom. The summed E-state index contributed by atoms with van der Waals surface area (Å²) in [4.78, 5) is 11.1. The van der Waals surface area contributed by atoms with Gasteiger partial charge in [0.25, 0.3) is 0 Å². The first kappa shape index (κ1) is 12.8. The third kappa shape index (κ3) is 3.70. The van der Waals surface area contributed by atoms with Gasteiger partial charge < -0.3 is 9.47 Å². The van der Waals surface area contributed by atoms with Gasteiger partial charge in [-0.05, 0) is 5.56 Å². The van der Waals surface area contributed by atoms with Crippen molar-refractivity contribution in [3.05, 3.63) is 48.0 Å². The third-order valence-electron chi connectivity index (χ3n) is 3.02. The summed E-state index contributed by atoms with van der Waals surface area (Å²) in [6.45, 7) is 3.24. The minimum absolute atomic E-state index is 0.0572. The number of carbonyl (C=O) groups is 1. The highest BCUT2D eigenvalue weighted by molar-refractivity contribution is 5.82. The SMILES string of the molecule is C[C@H](COCc1ccccc1)[C@H]1CC=CC(=O)O1. The fourth-order valence-corrected chi connectivity index (χ4v) is 1.93. The van der Waals surface area contributed by atoms with E-state index in [4.69, 9.17) is 9.47 Å². The van der Waals surface area contributed by atoms with Gasteiger partial charge in [-0.1, -0.05) is 43.3 Å². The lowest BCUT2D eigenvalue weighted by molar-refractivity contribution is -0.147. The fourth-order valence-electron chi connectivity index (χ4n) is 1.93. The molecular weight excluding hydrogens is 228 g/mol. The number of esters is 1. The molecule has 2 rings (SSSR count). The molecule has 0 saturated heterocycles. The van der Waals surface area contributed by atoms with Gasteiger partial charge in [-0.25, -0.2) is 4.79 Å². The highest BCUT2D eigenvalue weighted by Gasteiger charge is 2.22. The Hall–Kier alpha value is -1.61. The molecule has 1 aromatic rings. The van der Waals surface area contributed by atoms with Crippen LogP contribution in [0.5, 0.6) is 0 Å². The summed E-state index contributed by atoms with van der Waals surface area (Å²) in [5.41, 5.74) is 1.16. The molecule has 3 nitrogen and oxygen atoms in total. The Balaban J connectivity index is 1.73. The number of benzene rings is 1. The van der Waals surface area contributed by atoms with Gasteiger partial charge in [0.15, 0.2) is 0 Å². The van der Waals surface area contributed by atoms with Crippen molar-refractivity contribution in [1.82, 2.24) is 0 Å². The van der Waals surface area contributed by atoms with Crippen molar-refractivity contribution in [2.75, 3.05) is 6.61 Å². The molecule has 0 unspecified atom stereocenters. The number of hydrogen-bond acceptors (Lipinski definition) is 3. The molecule has 18 heavy (non-hydrogen) atoms. The summed E-state index contributed by atoms with van der Waals surface area (Å²) in [5, 5.41) is 0. The molecule has 1 aromatic carbocycles. The molecule has 0 aromatic heterocycles. The second-order valence-corrected chi connectivity index (χ2v) is 4.59. The predicted octanol–water partition coefficient (Wildman–Crippen LogP) is 2.71. The van der Waals surface area contributed by atoms with Gasteiger partial charge in [0, 0.05) is 18.4 Å². The van der Waals surface area contributed by atoms with E-state index in [9.17, 15) is 4.79 Å². The van der Waals surface area contributed by atoms with Gasteiger partial charge >= 0.3 is 5.97 Å². The number of ether oxygens (including phenoxy) is 2. The van der Waals surface area contributed by atoms with E-state index in [-0.39, 0.29) is 18.0 Å². The zero-order chi connectivity index (χ0) is 12.8. The van der Waals surface area contributed by atoms with E-state index in [0.717, 1.165) is 12.0 Å². The number of rotatable bonds is 5. The van der Waals surface area contributed by atoms with E-state index >= 15 is 0 Å². The predicted molar refractivity (Wildman–Crippen MR) is 68.9 cm³/mol. The average Bonchev–Trinajstić information content (AvgIpc) is 2.40. The molecule has 1 aliphatic heterocycles. The molecule has 1 aliphatic rings. The van der Waals surface area contributed by atoms with Gasteiger partial charge in [0.05, 0.1) is 13.2 Å². The summed E-state index contributed by atoms with van der Waals surface area (Å²) in [7, 11) is 0. The van der Waals surface area contributed by atoms with E-state index < -0.39 is 0 Å². The van der Waals surface area contributed by atoms with E-state index in [2.05, 4.69) is 0 Å². The van der Waals surface area contributed by atoms with Crippen LogP contribution in [-0.4, -0.2) is 18.7 Å². The van der Waals surface area contributed by atoms with E-state index in [1.165, 1.54) is 6.08 Å². The van der Waals surface area contributed by atoms with Crippen molar-refractivity contribution < 1.29 is 14.3 Å². The van der Waals surface area contributed by atoms with Crippen LogP contribution >= 0.6 is 0 Å². The first-order chi connectivity index (χ1) is 8.75. The van der Waals surface area contributed by atoms with Crippen LogP contribution in [0.25, 0.3) is 0 Å². The van der Waals surface area contributed by atoms with Gasteiger partial charge in [-0.3, -0.25) is 0 Å². The van der Waals surface area contributed by atoms with Crippen molar-refractivity contribution in [2.45, 2.75) is 26.1 Å². The summed E-state index contributed by atoms with van der Waals surface area (Å²) >= 11 is 0. The molecule has 0 fully saturated rings. The van der Waals surface area contributed by atoms with Crippen LogP contribution in [0.1, 0.15) is 18.9 Å². The third-order valence-corrected chi connectivity index (χ3v) is 3.02. The van der Waals surface area contributed by atoms with Crippen molar-refractivity contribution in [3.63, 3.8) is 0 Å². The van der Waals surface area contributed by atoms with Crippen LogP contribution in [0.2, 0.25) is 0 Å². The molecule has 1 heterocycles. The molecule has 0 amide bonds. The monoisotopic (exact) mass is 246 g/mol. The number of hydrogen-bond donors (Lipinski definition) is 0. The summed E-state index contributed by atoms with van der Waals surface area (Å²) in [6, 6.07) is 10.0. The van der Waals surface area contributed by atoms with Gasteiger partial charge in [0.1, 0.15) is 6.10 Å². The van der Waals surface area contributed by atoms with E-state index in [0.29, 0.717) is 13.2 Å². The second kappa shape index (κ2) is 6.36. The molecule has 2 atom stereocenters. The minimum Gasteiger partial charge on any atom is -0.459 e. The Morgan fingerprint density at radius 1 is 1.39 bits per heavy atom. The molecule has 0 N–H and O–H groups in total. The van der Waals surface area contributed by atoms with Gasteiger partial charge in [0.2, 0.25) is 0 Å². The van der Waals surface area contributed by atoms with Crippen molar-refractivity contribution in [3.8, 4) is 0 Å². The quantitative estimate of drug-likeness (QED) is 0.749. The average molecular weight is 246 g/mol. The maximum Gasteiger partial charge on any atom is 0.330 e.